The zero-order valence-corrected chi connectivity index (χ0v) is 13.9. The van der Waals surface area contributed by atoms with Gasteiger partial charge < -0.3 is 4.90 Å². The molecule has 0 spiro atoms. The van der Waals surface area contributed by atoms with Gasteiger partial charge in [-0.2, -0.15) is 0 Å². The molecule has 0 saturated carbocycles. The maximum absolute atomic E-state index is 12.6. The molecular formula is C16H26N2O2S. The highest BCUT2D eigenvalue weighted by molar-refractivity contribution is 7.88. The van der Waals surface area contributed by atoms with Gasteiger partial charge in [-0.3, -0.25) is 0 Å². The third-order valence-electron chi connectivity index (χ3n) is 4.04. The first-order valence-electron chi connectivity index (χ1n) is 7.77. The van der Waals surface area contributed by atoms with Crippen molar-refractivity contribution < 1.29 is 8.42 Å². The van der Waals surface area contributed by atoms with Crippen molar-refractivity contribution in [3.8, 4) is 0 Å². The largest absolute Gasteiger partial charge is 0.302 e. The van der Waals surface area contributed by atoms with Crippen molar-refractivity contribution in [2.45, 2.75) is 32.4 Å². The standard InChI is InChI=1S/C16H26N2O2S/c1-3-18(12-11-17-9-4-5-10-17)21(19,20)14-16-8-6-7-15(2)13-16/h6-8,13H,3-5,9-12,14H2,1-2H3. The van der Waals surface area contributed by atoms with Crippen molar-refractivity contribution in [3.63, 3.8) is 0 Å². The van der Waals surface area contributed by atoms with Gasteiger partial charge in [-0.25, -0.2) is 12.7 Å². The summed E-state index contributed by atoms with van der Waals surface area (Å²) in [5.74, 6) is 0.0997. The Kier molecular flexibility index (Phi) is 5.79. The molecule has 0 N–H and O–H groups in total. The number of nitrogens with zero attached hydrogens (tertiary/aromatic N) is 2. The van der Waals surface area contributed by atoms with Crippen LogP contribution in [0, 0.1) is 6.92 Å². The second-order valence-corrected chi connectivity index (χ2v) is 7.75. The Morgan fingerprint density at radius 1 is 1.24 bits per heavy atom. The highest BCUT2D eigenvalue weighted by Gasteiger charge is 2.22. The van der Waals surface area contributed by atoms with Gasteiger partial charge in [0.2, 0.25) is 10.0 Å². The number of sulfonamides is 1. The van der Waals surface area contributed by atoms with E-state index in [1.165, 1.54) is 12.8 Å². The second kappa shape index (κ2) is 7.38. The lowest BCUT2D eigenvalue weighted by atomic mass is 10.2. The fourth-order valence-electron chi connectivity index (χ4n) is 2.86. The van der Waals surface area contributed by atoms with Crippen LogP contribution >= 0.6 is 0 Å². The monoisotopic (exact) mass is 310 g/mol. The second-order valence-electron chi connectivity index (χ2n) is 5.79. The van der Waals surface area contributed by atoms with Gasteiger partial charge in [-0.05, 0) is 38.4 Å². The quantitative estimate of drug-likeness (QED) is 0.775. The van der Waals surface area contributed by atoms with Crippen molar-refractivity contribution in [1.29, 1.82) is 0 Å². The minimum absolute atomic E-state index is 0.0997. The molecule has 0 amide bonds. The van der Waals surface area contributed by atoms with E-state index in [9.17, 15) is 8.42 Å². The Balaban J connectivity index is 1.97. The highest BCUT2D eigenvalue weighted by Crippen LogP contribution is 2.13. The first-order valence-corrected chi connectivity index (χ1v) is 9.38. The zero-order valence-electron chi connectivity index (χ0n) is 13.1. The van der Waals surface area contributed by atoms with Crippen molar-refractivity contribution in [2.24, 2.45) is 0 Å². The summed E-state index contributed by atoms with van der Waals surface area (Å²) in [5, 5.41) is 0. The number of rotatable bonds is 7. The topological polar surface area (TPSA) is 40.6 Å². The Hall–Kier alpha value is -0.910. The van der Waals surface area contributed by atoms with Gasteiger partial charge in [0.05, 0.1) is 5.75 Å². The SMILES string of the molecule is CCN(CCN1CCCC1)S(=O)(=O)Cc1cccc(C)c1. The third-order valence-corrected chi connectivity index (χ3v) is 5.97. The summed E-state index contributed by atoms with van der Waals surface area (Å²) >= 11 is 0. The van der Waals surface area contributed by atoms with Crippen LogP contribution in [0.15, 0.2) is 24.3 Å². The molecule has 5 heteroatoms. The molecule has 2 rings (SSSR count). The normalized spacial score (nSPS) is 16.7. The van der Waals surface area contributed by atoms with E-state index in [1.807, 2.05) is 38.1 Å². The van der Waals surface area contributed by atoms with Crippen LogP contribution in [0.5, 0.6) is 0 Å². The van der Waals surface area contributed by atoms with Gasteiger partial charge in [-0.15, -0.1) is 0 Å². The first-order chi connectivity index (χ1) is 10.0. The predicted molar refractivity (Wildman–Crippen MR) is 86.7 cm³/mol. The van der Waals surface area contributed by atoms with Gasteiger partial charge >= 0.3 is 0 Å². The van der Waals surface area contributed by atoms with Crippen LogP contribution in [0.25, 0.3) is 0 Å². The Labute approximate surface area is 128 Å². The molecule has 0 unspecified atom stereocenters. The van der Waals surface area contributed by atoms with Gasteiger partial charge in [0.1, 0.15) is 0 Å². The number of hydrogen-bond acceptors (Lipinski definition) is 3. The van der Waals surface area contributed by atoms with E-state index in [4.69, 9.17) is 0 Å². The number of likely N-dealkylation sites (tertiary alicyclic amines) is 1. The molecule has 21 heavy (non-hydrogen) atoms. The van der Waals surface area contributed by atoms with Gasteiger partial charge in [-0.1, -0.05) is 36.8 Å². The maximum atomic E-state index is 12.6. The summed E-state index contributed by atoms with van der Waals surface area (Å²) in [5.41, 5.74) is 1.97. The average molecular weight is 310 g/mol. The summed E-state index contributed by atoms with van der Waals surface area (Å²) < 4.78 is 26.7. The molecule has 1 fully saturated rings. The van der Waals surface area contributed by atoms with Gasteiger partial charge in [0.15, 0.2) is 0 Å². The van der Waals surface area contributed by atoms with Crippen LogP contribution < -0.4 is 0 Å². The van der Waals surface area contributed by atoms with Crippen molar-refractivity contribution in [2.75, 3.05) is 32.7 Å². The molecule has 1 aromatic carbocycles. The molecule has 1 aromatic rings. The molecule has 1 heterocycles. The van der Waals surface area contributed by atoms with E-state index in [1.54, 1.807) is 4.31 Å². The maximum Gasteiger partial charge on any atom is 0.218 e. The Morgan fingerprint density at radius 2 is 1.95 bits per heavy atom. The average Bonchev–Trinajstić information content (AvgIpc) is 2.91. The van der Waals surface area contributed by atoms with Crippen LogP contribution in [-0.2, 0) is 15.8 Å². The fourth-order valence-corrected chi connectivity index (χ4v) is 4.39. The van der Waals surface area contributed by atoms with Crippen molar-refractivity contribution >= 4 is 10.0 Å². The summed E-state index contributed by atoms with van der Waals surface area (Å²) in [6.45, 7) is 8.11. The van der Waals surface area contributed by atoms with Crippen LogP contribution in [0.1, 0.15) is 30.9 Å². The molecular weight excluding hydrogens is 284 g/mol. The molecule has 1 aliphatic rings. The minimum Gasteiger partial charge on any atom is -0.302 e. The molecule has 1 saturated heterocycles. The van der Waals surface area contributed by atoms with E-state index < -0.39 is 10.0 Å². The molecule has 118 valence electrons. The molecule has 1 aliphatic heterocycles. The van der Waals surface area contributed by atoms with Gasteiger partial charge in [0, 0.05) is 19.6 Å². The fraction of sp³-hybridized carbons (Fsp3) is 0.625. The predicted octanol–water partition coefficient (Wildman–Crippen LogP) is 2.24. The summed E-state index contributed by atoms with van der Waals surface area (Å²) in [7, 11) is -3.23. The summed E-state index contributed by atoms with van der Waals surface area (Å²) in [6.07, 6.45) is 2.48. The number of likely N-dealkylation sites (N-methyl/N-ethyl adjacent to an activating group) is 1. The first kappa shape index (κ1) is 16.5. The van der Waals surface area contributed by atoms with E-state index in [0.717, 1.165) is 30.8 Å². The van der Waals surface area contributed by atoms with Crippen LogP contribution in [0.3, 0.4) is 0 Å². The van der Waals surface area contributed by atoms with E-state index in [-0.39, 0.29) is 5.75 Å². The molecule has 0 aliphatic carbocycles. The van der Waals surface area contributed by atoms with E-state index in [0.29, 0.717) is 13.1 Å². The van der Waals surface area contributed by atoms with Gasteiger partial charge in [0.25, 0.3) is 0 Å². The van der Waals surface area contributed by atoms with E-state index >= 15 is 0 Å². The lowest BCUT2D eigenvalue weighted by Crippen LogP contribution is -2.38. The third kappa shape index (κ3) is 4.80. The van der Waals surface area contributed by atoms with Crippen molar-refractivity contribution in [3.05, 3.63) is 35.4 Å². The lowest BCUT2D eigenvalue weighted by molar-refractivity contribution is 0.299. The van der Waals surface area contributed by atoms with Crippen LogP contribution in [0.4, 0.5) is 0 Å². The van der Waals surface area contributed by atoms with Crippen LogP contribution in [0.2, 0.25) is 0 Å². The lowest BCUT2D eigenvalue weighted by Gasteiger charge is -2.23. The Morgan fingerprint density at radius 3 is 2.57 bits per heavy atom. The molecule has 4 nitrogen and oxygen atoms in total. The molecule has 0 radical (unpaired) electrons. The summed E-state index contributed by atoms with van der Waals surface area (Å²) in [6, 6.07) is 7.74. The minimum atomic E-state index is -3.23. The number of benzene rings is 1. The molecule has 0 aromatic heterocycles. The smallest absolute Gasteiger partial charge is 0.218 e. The Bertz CT molecular complexity index is 551. The number of aryl methyl sites for hydroxylation is 1. The summed E-state index contributed by atoms with van der Waals surface area (Å²) in [4.78, 5) is 2.35. The van der Waals surface area contributed by atoms with Crippen molar-refractivity contribution in [1.82, 2.24) is 9.21 Å². The van der Waals surface area contributed by atoms with E-state index in [2.05, 4.69) is 4.90 Å². The number of hydrogen-bond donors (Lipinski definition) is 0. The molecule has 0 bridgehead atoms. The molecule has 0 atom stereocenters. The zero-order chi connectivity index (χ0) is 15.3. The van der Waals surface area contributed by atoms with Crippen LogP contribution in [-0.4, -0.2) is 50.3 Å². The highest BCUT2D eigenvalue weighted by atomic mass is 32.2.